The molecule has 0 saturated heterocycles. The summed E-state index contributed by atoms with van der Waals surface area (Å²) in [4.78, 5) is 0. The molecule has 4 aromatic rings. The van der Waals surface area contributed by atoms with E-state index >= 15 is 0 Å². The van der Waals surface area contributed by atoms with Gasteiger partial charge in [-0.05, 0) is 47.9 Å². The van der Waals surface area contributed by atoms with Gasteiger partial charge in [-0.15, -0.1) is 0 Å². The molecule has 0 amide bonds. The molecule has 0 aromatic heterocycles. The maximum Gasteiger partial charge on any atom is 0.172 e. The molecular formula is C32H33FO2. The van der Waals surface area contributed by atoms with Gasteiger partial charge in [0.25, 0.3) is 0 Å². The van der Waals surface area contributed by atoms with Gasteiger partial charge in [0.2, 0.25) is 0 Å². The second-order valence-corrected chi connectivity index (χ2v) is 8.83. The molecule has 0 heterocycles. The number of benzene rings is 4. The van der Waals surface area contributed by atoms with E-state index in [1.165, 1.54) is 0 Å². The number of hydrogen-bond acceptors (Lipinski definition) is 2. The third-order valence-electron chi connectivity index (χ3n) is 6.15. The fraction of sp³-hybridized carbons (Fsp3) is 0.312. The lowest BCUT2D eigenvalue weighted by atomic mass is 10.0. The number of rotatable bonds is 10. The fourth-order valence-electron chi connectivity index (χ4n) is 4.16. The van der Waals surface area contributed by atoms with Crippen LogP contribution >= 0.6 is 0 Å². The predicted molar refractivity (Wildman–Crippen MR) is 144 cm³/mol. The second-order valence-electron chi connectivity index (χ2n) is 8.83. The van der Waals surface area contributed by atoms with Crippen LogP contribution < -0.4 is 9.47 Å². The summed E-state index contributed by atoms with van der Waals surface area (Å²) in [5.41, 5.74) is 1.72. The van der Waals surface area contributed by atoms with Gasteiger partial charge in [-0.25, -0.2) is 4.39 Å². The van der Waals surface area contributed by atoms with E-state index in [-0.39, 0.29) is 5.82 Å². The first kappa shape index (κ1) is 24.6. The molecule has 0 unspecified atom stereocenters. The molecule has 3 heteroatoms. The Balaban J connectivity index is 1.62. The van der Waals surface area contributed by atoms with Gasteiger partial charge in [0.05, 0.1) is 18.8 Å². The number of fused-ring (bicyclic) bond motifs is 2. The molecule has 0 aliphatic rings. The molecule has 0 bridgehead atoms. The summed E-state index contributed by atoms with van der Waals surface area (Å²) in [6, 6.07) is 21.5. The average Bonchev–Trinajstić information content (AvgIpc) is 2.89. The van der Waals surface area contributed by atoms with Crippen LogP contribution in [0.15, 0.2) is 66.7 Å². The van der Waals surface area contributed by atoms with Crippen LogP contribution in [0.1, 0.15) is 63.5 Å². The summed E-state index contributed by atoms with van der Waals surface area (Å²) in [7, 11) is 0. The first-order valence-electron chi connectivity index (χ1n) is 12.7. The molecule has 0 aliphatic heterocycles. The van der Waals surface area contributed by atoms with Gasteiger partial charge in [0.1, 0.15) is 5.75 Å². The number of halogens is 1. The molecule has 35 heavy (non-hydrogen) atoms. The van der Waals surface area contributed by atoms with Crippen molar-refractivity contribution in [1.82, 2.24) is 0 Å². The van der Waals surface area contributed by atoms with Crippen molar-refractivity contribution in [2.75, 3.05) is 13.2 Å². The van der Waals surface area contributed by atoms with E-state index in [9.17, 15) is 4.39 Å². The van der Waals surface area contributed by atoms with Crippen LogP contribution in [-0.2, 0) is 0 Å². The van der Waals surface area contributed by atoms with Crippen molar-refractivity contribution in [1.29, 1.82) is 0 Å². The van der Waals surface area contributed by atoms with Crippen LogP contribution in [0.25, 0.3) is 21.5 Å². The molecule has 0 atom stereocenters. The van der Waals surface area contributed by atoms with E-state index in [1.807, 2.05) is 36.4 Å². The average molecular weight is 469 g/mol. The molecular weight excluding hydrogens is 435 g/mol. The van der Waals surface area contributed by atoms with Crippen molar-refractivity contribution in [3.63, 3.8) is 0 Å². The highest BCUT2D eigenvalue weighted by molar-refractivity contribution is 5.91. The Labute approximate surface area is 208 Å². The largest absolute Gasteiger partial charge is 0.492 e. The van der Waals surface area contributed by atoms with Crippen molar-refractivity contribution in [2.24, 2.45) is 0 Å². The maximum absolute atomic E-state index is 15.0. The van der Waals surface area contributed by atoms with Crippen LogP contribution in [0.2, 0.25) is 0 Å². The Morgan fingerprint density at radius 1 is 0.657 bits per heavy atom. The van der Waals surface area contributed by atoms with Gasteiger partial charge < -0.3 is 9.47 Å². The van der Waals surface area contributed by atoms with Crippen molar-refractivity contribution in [3.05, 3.63) is 83.7 Å². The predicted octanol–water partition coefficient (Wildman–Crippen LogP) is 8.67. The minimum absolute atomic E-state index is 0.310. The van der Waals surface area contributed by atoms with Crippen LogP contribution in [0.3, 0.4) is 0 Å². The normalized spacial score (nSPS) is 10.8. The summed E-state index contributed by atoms with van der Waals surface area (Å²) >= 11 is 0. The van der Waals surface area contributed by atoms with Crippen molar-refractivity contribution in [3.8, 4) is 23.3 Å². The third-order valence-corrected chi connectivity index (χ3v) is 6.15. The molecule has 0 saturated carbocycles. The Hall–Kier alpha value is -3.51. The molecule has 4 rings (SSSR count). The molecule has 0 aliphatic carbocycles. The summed E-state index contributed by atoms with van der Waals surface area (Å²) < 4.78 is 26.8. The topological polar surface area (TPSA) is 18.5 Å². The first-order valence-corrected chi connectivity index (χ1v) is 12.7. The zero-order chi connectivity index (χ0) is 24.5. The summed E-state index contributed by atoms with van der Waals surface area (Å²) in [5.74, 6) is 7.45. The van der Waals surface area contributed by atoms with Gasteiger partial charge >= 0.3 is 0 Å². The second kappa shape index (κ2) is 12.3. The number of hydrogen-bond donors (Lipinski definition) is 0. The van der Waals surface area contributed by atoms with Crippen LogP contribution in [0.5, 0.6) is 11.5 Å². The van der Waals surface area contributed by atoms with Crippen molar-refractivity contribution in [2.45, 2.75) is 52.4 Å². The summed E-state index contributed by atoms with van der Waals surface area (Å²) in [6.45, 7) is 5.54. The molecule has 180 valence electrons. The lowest BCUT2D eigenvalue weighted by Gasteiger charge is -2.11. The highest BCUT2D eigenvalue weighted by Crippen LogP contribution is 2.29. The van der Waals surface area contributed by atoms with Gasteiger partial charge in [-0.2, -0.15) is 0 Å². The van der Waals surface area contributed by atoms with Crippen molar-refractivity contribution < 1.29 is 13.9 Å². The molecule has 0 fully saturated rings. The fourth-order valence-corrected chi connectivity index (χ4v) is 4.16. The molecule has 2 nitrogen and oxygen atoms in total. The quantitative estimate of drug-likeness (QED) is 0.171. The van der Waals surface area contributed by atoms with Gasteiger partial charge in [-0.1, -0.05) is 93.8 Å². The van der Waals surface area contributed by atoms with Gasteiger partial charge in [0.15, 0.2) is 11.6 Å². The van der Waals surface area contributed by atoms with E-state index < -0.39 is 0 Å². The van der Waals surface area contributed by atoms with E-state index in [0.717, 1.165) is 71.6 Å². The van der Waals surface area contributed by atoms with E-state index in [0.29, 0.717) is 24.3 Å². The highest BCUT2D eigenvalue weighted by Gasteiger charge is 2.10. The Morgan fingerprint density at radius 2 is 1.34 bits per heavy atom. The summed E-state index contributed by atoms with van der Waals surface area (Å²) in [6.07, 6.45) is 6.45. The zero-order valence-electron chi connectivity index (χ0n) is 20.7. The Morgan fingerprint density at radius 3 is 2.11 bits per heavy atom. The third kappa shape index (κ3) is 6.14. The van der Waals surface area contributed by atoms with Crippen LogP contribution in [0, 0.1) is 17.7 Å². The highest BCUT2D eigenvalue weighted by atomic mass is 19.1. The maximum atomic E-state index is 15.0. The Kier molecular flexibility index (Phi) is 8.63. The number of unbranched alkanes of at least 4 members (excludes halogenated alkanes) is 4. The molecule has 0 radical (unpaired) electrons. The molecule has 0 spiro atoms. The minimum Gasteiger partial charge on any atom is -0.492 e. The van der Waals surface area contributed by atoms with E-state index in [4.69, 9.17) is 9.47 Å². The van der Waals surface area contributed by atoms with Crippen LogP contribution in [0.4, 0.5) is 4.39 Å². The lowest BCUT2D eigenvalue weighted by Crippen LogP contribution is -1.99. The SMILES string of the molecule is CCCCCOc1ccc2cc(C#Cc3c(OCCCCC)ccc4ccccc34)ccc2c1F. The number of ether oxygens (including phenoxy) is 2. The lowest BCUT2D eigenvalue weighted by molar-refractivity contribution is 0.293. The van der Waals surface area contributed by atoms with E-state index in [1.54, 1.807) is 12.1 Å². The van der Waals surface area contributed by atoms with Gasteiger partial charge in [-0.3, -0.25) is 0 Å². The zero-order valence-corrected chi connectivity index (χ0v) is 20.7. The van der Waals surface area contributed by atoms with Gasteiger partial charge in [0, 0.05) is 16.3 Å². The van der Waals surface area contributed by atoms with E-state index in [2.05, 4.69) is 43.9 Å². The first-order chi connectivity index (χ1) is 17.2. The summed E-state index contributed by atoms with van der Waals surface area (Å²) in [5, 5.41) is 3.56. The van der Waals surface area contributed by atoms with Crippen molar-refractivity contribution >= 4 is 21.5 Å². The molecule has 0 N–H and O–H groups in total. The Bertz CT molecular complexity index is 1350. The monoisotopic (exact) mass is 468 g/mol. The minimum atomic E-state index is -0.310. The smallest absolute Gasteiger partial charge is 0.172 e. The van der Waals surface area contributed by atoms with Crippen LogP contribution in [-0.4, -0.2) is 13.2 Å². The molecule has 4 aromatic carbocycles. The standard InChI is InChI=1S/C32H33FO2/c1-3-5-9-21-34-30-19-15-25-11-7-8-12-27(25)29(30)18-14-24-13-17-28-26(23-24)16-20-31(32(28)33)35-22-10-6-4-2/h7-8,11-13,15-17,19-20,23H,3-6,9-10,21-22H2,1-2H3.